The number of anilines is 1. The average Bonchev–Trinajstić information content (AvgIpc) is 2.75. The Morgan fingerprint density at radius 1 is 1.10 bits per heavy atom. The Kier molecular flexibility index (Phi) is 6.72. The Hall–Kier alpha value is -2.63. The molecule has 1 N–H and O–H groups in total. The molecule has 2 aliphatic heterocycles. The van der Waals surface area contributed by atoms with Crippen molar-refractivity contribution in [3.05, 3.63) is 36.3 Å². The van der Waals surface area contributed by atoms with Crippen molar-refractivity contribution >= 4 is 27.6 Å². The van der Waals surface area contributed by atoms with Crippen molar-refractivity contribution in [1.29, 1.82) is 0 Å². The zero-order valence-corrected chi connectivity index (χ0v) is 16.6. The van der Waals surface area contributed by atoms with Crippen LogP contribution in [0.2, 0.25) is 0 Å². The molecular formula is C18H22N2O8S. The number of nitrogens with one attached hydrogen (secondary N) is 1. The Morgan fingerprint density at radius 3 is 2.41 bits per heavy atom. The molecule has 2 aliphatic rings. The van der Waals surface area contributed by atoms with Crippen LogP contribution in [-0.2, 0) is 38.6 Å². The lowest BCUT2D eigenvalue weighted by Gasteiger charge is -2.26. The maximum Gasteiger partial charge on any atom is 0.377 e. The van der Waals surface area contributed by atoms with E-state index in [0.717, 1.165) is 6.26 Å². The first-order chi connectivity index (χ1) is 13.9. The van der Waals surface area contributed by atoms with Crippen LogP contribution in [0, 0.1) is 0 Å². The van der Waals surface area contributed by atoms with Crippen LogP contribution in [0.4, 0.5) is 5.69 Å². The van der Waals surface area contributed by atoms with Crippen molar-refractivity contribution in [1.82, 2.24) is 4.31 Å². The topological polar surface area (TPSA) is 120 Å². The summed E-state index contributed by atoms with van der Waals surface area (Å²) in [7, 11) is -3.61. The Labute approximate surface area is 168 Å². The third kappa shape index (κ3) is 5.25. The van der Waals surface area contributed by atoms with Crippen molar-refractivity contribution in [2.24, 2.45) is 0 Å². The number of amides is 1. The number of morpholine rings is 1. The summed E-state index contributed by atoms with van der Waals surface area (Å²) in [6.45, 7) is 3.29. The normalized spacial score (nSPS) is 18.6. The molecular weight excluding hydrogens is 404 g/mol. The molecule has 29 heavy (non-hydrogen) atoms. The number of sulfonamides is 1. The van der Waals surface area contributed by atoms with Crippen molar-refractivity contribution in [2.45, 2.75) is 17.9 Å². The van der Waals surface area contributed by atoms with E-state index in [1.54, 1.807) is 0 Å². The summed E-state index contributed by atoms with van der Waals surface area (Å²) in [6, 6.07) is 5.77. The SMILES string of the molecule is CC(OC(=O)C1=COCCO1)C(=O)Nc1ccc(S(=O)(=O)N2CCOCC2)cc1. The fourth-order valence-electron chi connectivity index (χ4n) is 2.64. The molecule has 0 radical (unpaired) electrons. The van der Waals surface area contributed by atoms with Crippen LogP contribution in [0.15, 0.2) is 41.2 Å². The van der Waals surface area contributed by atoms with Gasteiger partial charge in [0, 0.05) is 18.8 Å². The molecule has 1 fully saturated rings. The Morgan fingerprint density at radius 2 is 1.79 bits per heavy atom. The molecule has 1 aromatic carbocycles. The minimum Gasteiger partial charge on any atom is -0.493 e. The quantitative estimate of drug-likeness (QED) is 0.652. The van der Waals surface area contributed by atoms with Crippen molar-refractivity contribution in [3.8, 4) is 0 Å². The predicted molar refractivity (Wildman–Crippen MR) is 100 cm³/mol. The summed E-state index contributed by atoms with van der Waals surface area (Å²) in [5, 5.41) is 2.57. The van der Waals surface area contributed by atoms with Gasteiger partial charge in [-0.25, -0.2) is 13.2 Å². The highest BCUT2D eigenvalue weighted by atomic mass is 32.2. The minimum absolute atomic E-state index is 0.103. The molecule has 0 aromatic heterocycles. The van der Waals surface area contributed by atoms with Crippen molar-refractivity contribution in [3.63, 3.8) is 0 Å². The fraction of sp³-hybridized carbons (Fsp3) is 0.444. The highest BCUT2D eigenvalue weighted by Gasteiger charge is 2.27. The lowest BCUT2D eigenvalue weighted by molar-refractivity contribution is -0.153. The molecule has 1 unspecified atom stereocenters. The summed E-state index contributed by atoms with van der Waals surface area (Å²) in [5.74, 6) is -1.48. The number of esters is 1. The number of benzene rings is 1. The second kappa shape index (κ2) is 9.25. The number of ether oxygens (including phenoxy) is 4. The van der Waals surface area contributed by atoms with E-state index in [1.807, 2.05) is 0 Å². The number of nitrogens with zero attached hydrogens (tertiary/aromatic N) is 1. The predicted octanol–water partition coefficient (Wildman–Crippen LogP) is 0.466. The van der Waals surface area contributed by atoms with Gasteiger partial charge >= 0.3 is 5.97 Å². The van der Waals surface area contributed by atoms with Gasteiger partial charge in [0.05, 0.1) is 18.1 Å². The van der Waals surface area contributed by atoms with Gasteiger partial charge in [0.15, 0.2) is 6.10 Å². The smallest absolute Gasteiger partial charge is 0.377 e. The van der Waals surface area contributed by atoms with Gasteiger partial charge in [-0.2, -0.15) is 4.31 Å². The third-order valence-corrected chi connectivity index (χ3v) is 6.15. The van der Waals surface area contributed by atoms with Crippen LogP contribution in [-0.4, -0.2) is 70.2 Å². The number of carbonyl (C=O) groups is 2. The van der Waals surface area contributed by atoms with E-state index < -0.39 is 28.0 Å². The number of hydrogen-bond donors (Lipinski definition) is 1. The van der Waals surface area contributed by atoms with E-state index in [9.17, 15) is 18.0 Å². The average molecular weight is 426 g/mol. The number of rotatable bonds is 6. The maximum atomic E-state index is 12.6. The van der Waals surface area contributed by atoms with Crippen LogP contribution in [0.5, 0.6) is 0 Å². The van der Waals surface area contributed by atoms with Crippen LogP contribution in [0.1, 0.15) is 6.92 Å². The second-order valence-electron chi connectivity index (χ2n) is 6.28. The van der Waals surface area contributed by atoms with Gasteiger partial charge < -0.3 is 24.3 Å². The summed E-state index contributed by atoms with van der Waals surface area (Å²) in [4.78, 5) is 24.3. The minimum atomic E-state index is -3.61. The highest BCUT2D eigenvalue weighted by molar-refractivity contribution is 7.89. The van der Waals surface area contributed by atoms with Gasteiger partial charge in [-0.1, -0.05) is 0 Å². The molecule has 0 spiro atoms. The van der Waals surface area contributed by atoms with Gasteiger partial charge in [0.25, 0.3) is 5.91 Å². The van der Waals surface area contributed by atoms with E-state index in [2.05, 4.69) is 5.32 Å². The molecule has 0 saturated carbocycles. The van der Waals surface area contributed by atoms with Crippen LogP contribution >= 0.6 is 0 Å². The first-order valence-corrected chi connectivity index (χ1v) is 10.5. The van der Waals surface area contributed by atoms with Crippen molar-refractivity contribution in [2.75, 3.05) is 44.8 Å². The molecule has 0 aliphatic carbocycles. The first-order valence-electron chi connectivity index (χ1n) is 9.02. The van der Waals surface area contributed by atoms with Gasteiger partial charge in [-0.05, 0) is 31.2 Å². The van der Waals surface area contributed by atoms with Crippen molar-refractivity contribution < 1.29 is 37.0 Å². The van der Waals surface area contributed by atoms with Crippen LogP contribution in [0.25, 0.3) is 0 Å². The lowest BCUT2D eigenvalue weighted by atomic mass is 10.3. The molecule has 1 aromatic rings. The molecule has 1 amide bonds. The lowest BCUT2D eigenvalue weighted by Crippen LogP contribution is -2.40. The molecule has 158 valence electrons. The number of carbonyl (C=O) groups excluding carboxylic acids is 2. The third-order valence-electron chi connectivity index (χ3n) is 4.23. The molecule has 10 nitrogen and oxygen atoms in total. The van der Waals surface area contributed by atoms with Gasteiger partial charge in [-0.3, -0.25) is 4.79 Å². The largest absolute Gasteiger partial charge is 0.493 e. The molecule has 3 rings (SSSR count). The van der Waals surface area contributed by atoms with E-state index in [0.29, 0.717) is 38.6 Å². The Bertz CT molecular complexity index is 876. The summed E-state index contributed by atoms with van der Waals surface area (Å²) in [5.41, 5.74) is 0.371. The molecule has 1 saturated heterocycles. The molecule has 1 atom stereocenters. The van der Waals surface area contributed by atoms with E-state index in [4.69, 9.17) is 18.9 Å². The van der Waals surface area contributed by atoms with Gasteiger partial charge in [0.2, 0.25) is 15.8 Å². The zero-order chi connectivity index (χ0) is 20.9. The van der Waals surface area contributed by atoms with E-state index in [1.165, 1.54) is 35.5 Å². The number of hydrogen-bond acceptors (Lipinski definition) is 8. The standard InChI is InChI=1S/C18H22N2O8S/c1-13(28-18(22)16-12-26-10-11-27-16)17(21)19-14-2-4-15(5-3-14)29(23,24)20-6-8-25-9-7-20/h2-5,12-13H,6-11H2,1H3,(H,19,21). The maximum absolute atomic E-state index is 12.6. The fourth-order valence-corrected chi connectivity index (χ4v) is 4.05. The van der Waals surface area contributed by atoms with E-state index in [-0.39, 0.29) is 17.3 Å². The summed E-state index contributed by atoms with van der Waals surface area (Å²) in [6.07, 6.45) is 0.0510. The second-order valence-corrected chi connectivity index (χ2v) is 8.22. The molecule has 2 heterocycles. The highest BCUT2D eigenvalue weighted by Crippen LogP contribution is 2.20. The van der Waals surface area contributed by atoms with Crippen LogP contribution < -0.4 is 5.32 Å². The Balaban J connectivity index is 1.58. The molecule has 11 heteroatoms. The zero-order valence-electron chi connectivity index (χ0n) is 15.8. The summed E-state index contributed by atoms with van der Waals surface area (Å²) < 4.78 is 46.8. The van der Waals surface area contributed by atoms with Crippen LogP contribution in [0.3, 0.4) is 0 Å². The monoisotopic (exact) mass is 426 g/mol. The van der Waals surface area contributed by atoms with Gasteiger partial charge in [-0.15, -0.1) is 0 Å². The summed E-state index contributed by atoms with van der Waals surface area (Å²) >= 11 is 0. The first kappa shape index (κ1) is 21.1. The molecule has 0 bridgehead atoms. The van der Waals surface area contributed by atoms with Gasteiger partial charge in [0.1, 0.15) is 19.5 Å². The van der Waals surface area contributed by atoms with E-state index >= 15 is 0 Å².